The zero-order chi connectivity index (χ0) is 18.5. The van der Waals surface area contributed by atoms with E-state index in [-0.39, 0.29) is 5.91 Å². The van der Waals surface area contributed by atoms with Crippen LogP contribution < -0.4 is 5.32 Å². The fourth-order valence-corrected chi connectivity index (χ4v) is 3.63. The number of benzene rings is 2. The van der Waals surface area contributed by atoms with Gasteiger partial charge in [0.05, 0.1) is 11.3 Å². The molecule has 26 heavy (non-hydrogen) atoms. The predicted octanol–water partition coefficient (Wildman–Crippen LogP) is 4.91. The van der Waals surface area contributed by atoms with Crippen molar-refractivity contribution in [2.24, 2.45) is 0 Å². The second-order valence-electron chi connectivity index (χ2n) is 5.43. The number of nitrogens with zero attached hydrogens (tertiary/aromatic N) is 2. The molecule has 1 heterocycles. The minimum Gasteiger partial charge on any atom is -0.348 e. The lowest BCUT2D eigenvalue weighted by Crippen LogP contribution is -2.23. The molecule has 0 atom stereocenters. The molecule has 1 aromatic heterocycles. The second kappa shape index (κ2) is 8.58. The van der Waals surface area contributed by atoms with Gasteiger partial charge in [-0.15, -0.1) is 11.8 Å². The molecule has 0 bridgehead atoms. The highest BCUT2D eigenvalue weighted by molar-refractivity contribution is 7.98. The van der Waals surface area contributed by atoms with E-state index in [9.17, 15) is 4.79 Å². The molecule has 8 heteroatoms. The molecule has 134 valence electrons. The Labute approximate surface area is 165 Å². The quantitative estimate of drug-likeness (QED) is 0.588. The highest BCUT2D eigenvalue weighted by Gasteiger charge is 2.13. The summed E-state index contributed by atoms with van der Waals surface area (Å²) in [5.74, 6) is 1.45. The molecule has 0 radical (unpaired) electrons. The normalized spacial score (nSPS) is 10.7. The maximum Gasteiger partial charge on any atom is 0.252 e. The van der Waals surface area contributed by atoms with Crippen molar-refractivity contribution < 1.29 is 9.32 Å². The Hall–Kier alpha value is -2.02. The van der Waals surface area contributed by atoms with E-state index in [0.29, 0.717) is 39.6 Å². The van der Waals surface area contributed by atoms with E-state index >= 15 is 0 Å². The summed E-state index contributed by atoms with van der Waals surface area (Å²) in [4.78, 5) is 17.6. The van der Waals surface area contributed by atoms with Crippen LogP contribution in [0.1, 0.15) is 27.6 Å². The van der Waals surface area contributed by atoms with Crippen molar-refractivity contribution in [3.05, 3.63) is 75.4 Å². The van der Waals surface area contributed by atoms with Gasteiger partial charge in [-0.05, 0) is 29.8 Å². The van der Waals surface area contributed by atoms with Crippen LogP contribution in [0.3, 0.4) is 0 Å². The summed E-state index contributed by atoms with van der Waals surface area (Å²) in [5.41, 5.74) is 1.39. The van der Waals surface area contributed by atoms with Crippen LogP contribution in [-0.4, -0.2) is 16.0 Å². The number of halogens is 2. The molecule has 0 aliphatic heterocycles. The van der Waals surface area contributed by atoms with Crippen LogP contribution in [-0.2, 0) is 12.3 Å². The van der Waals surface area contributed by atoms with Gasteiger partial charge in [0.1, 0.15) is 0 Å². The van der Waals surface area contributed by atoms with Crippen molar-refractivity contribution in [2.45, 2.75) is 24.1 Å². The molecule has 0 unspecified atom stereocenters. The van der Waals surface area contributed by atoms with Gasteiger partial charge in [0, 0.05) is 28.4 Å². The summed E-state index contributed by atoms with van der Waals surface area (Å²) in [6.07, 6.45) is 0. The third-order valence-corrected chi connectivity index (χ3v) is 5.17. The number of thioether (sulfide) groups is 1. The van der Waals surface area contributed by atoms with E-state index in [1.54, 1.807) is 31.2 Å². The summed E-state index contributed by atoms with van der Waals surface area (Å²) < 4.78 is 4.96. The van der Waals surface area contributed by atoms with E-state index in [1.807, 2.05) is 18.2 Å². The van der Waals surface area contributed by atoms with Gasteiger partial charge in [-0.25, -0.2) is 0 Å². The van der Waals surface area contributed by atoms with E-state index in [1.165, 1.54) is 11.8 Å². The first-order valence-electron chi connectivity index (χ1n) is 7.76. The summed E-state index contributed by atoms with van der Waals surface area (Å²) in [6, 6.07) is 12.6. The topological polar surface area (TPSA) is 68.0 Å². The molecule has 0 saturated heterocycles. The van der Waals surface area contributed by atoms with Crippen molar-refractivity contribution in [1.82, 2.24) is 15.5 Å². The molecule has 0 saturated carbocycles. The minimum absolute atomic E-state index is 0.177. The first kappa shape index (κ1) is 18.8. The predicted molar refractivity (Wildman–Crippen MR) is 103 cm³/mol. The van der Waals surface area contributed by atoms with Crippen LogP contribution in [0.5, 0.6) is 0 Å². The van der Waals surface area contributed by atoms with Crippen molar-refractivity contribution in [3.8, 4) is 0 Å². The average Bonchev–Trinajstić information content (AvgIpc) is 3.04. The highest BCUT2D eigenvalue weighted by Crippen LogP contribution is 2.26. The Bertz CT molecular complexity index is 930. The summed E-state index contributed by atoms with van der Waals surface area (Å²) in [5, 5.41) is 7.83. The average molecular weight is 408 g/mol. The number of aromatic nitrogens is 2. The lowest BCUT2D eigenvalue weighted by atomic mass is 10.2. The molecule has 1 amide bonds. The standard InChI is InChI=1S/C18H15Cl2N3O2S/c1-11-22-17(23-25-11)10-26-16-5-3-2-4-14(16)18(24)21-9-12-6-7-13(19)8-15(12)20/h2-8H,9-10H2,1H3,(H,21,24). The zero-order valence-electron chi connectivity index (χ0n) is 13.8. The molecule has 2 aromatic carbocycles. The smallest absolute Gasteiger partial charge is 0.252 e. The Morgan fingerprint density at radius 2 is 2.04 bits per heavy atom. The largest absolute Gasteiger partial charge is 0.348 e. The number of hydrogen-bond donors (Lipinski definition) is 1. The third kappa shape index (κ3) is 4.78. The molecule has 0 aliphatic carbocycles. The van der Waals surface area contributed by atoms with Crippen molar-refractivity contribution in [1.29, 1.82) is 0 Å². The van der Waals surface area contributed by atoms with Gasteiger partial charge in [0.25, 0.3) is 5.91 Å². The Morgan fingerprint density at radius 1 is 1.23 bits per heavy atom. The van der Waals surface area contributed by atoms with Crippen LogP contribution in [0.2, 0.25) is 10.0 Å². The van der Waals surface area contributed by atoms with Gasteiger partial charge >= 0.3 is 0 Å². The molecule has 0 aliphatic rings. The minimum atomic E-state index is -0.177. The summed E-state index contributed by atoms with van der Waals surface area (Å²) in [6.45, 7) is 2.06. The third-order valence-electron chi connectivity index (χ3n) is 3.51. The molecular formula is C18H15Cl2N3O2S. The summed E-state index contributed by atoms with van der Waals surface area (Å²) in [7, 11) is 0. The number of rotatable bonds is 6. The maximum atomic E-state index is 12.6. The number of aryl methyl sites for hydroxylation is 1. The first-order chi connectivity index (χ1) is 12.5. The fraction of sp³-hybridized carbons (Fsp3) is 0.167. The number of carbonyl (C=O) groups excluding carboxylic acids is 1. The van der Waals surface area contributed by atoms with E-state index in [0.717, 1.165) is 10.5 Å². The van der Waals surface area contributed by atoms with Crippen molar-refractivity contribution >= 4 is 40.9 Å². The number of carbonyl (C=O) groups is 1. The molecule has 3 rings (SSSR count). The van der Waals surface area contributed by atoms with Crippen LogP contribution in [0.4, 0.5) is 0 Å². The monoisotopic (exact) mass is 407 g/mol. The summed E-state index contributed by atoms with van der Waals surface area (Å²) >= 11 is 13.5. The Balaban J connectivity index is 1.67. The van der Waals surface area contributed by atoms with Crippen molar-refractivity contribution in [3.63, 3.8) is 0 Å². The Morgan fingerprint density at radius 3 is 2.77 bits per heavy atom. The second-order valence-corrected chi connectivity index (χ2v) is 7.29. The van der Waals surface area contributed by atoms with Crippen LogP contribution in [0.25, 0.3) is 0 Å². The van der Waals surface area contributed by atoms with Gasteiger partial charge in [0.2, 0.25) is 5.89 Å². The lowest BCUT2D eigenvalue weighted by Gasteiger charge is -2.10. The van der Waals surface area contributed by atoms with E-state index in [2.05, 4.69) is 15.5 Å². The van der Waals surface area contributed by atoms with Gasteiger partial charge in [-0.2, -0.15) is 4.98 Å². The van der Waals surface area contributed by atoms with E-state index in [4.69, 9.17) is 27.7 Å². The van der Waals surface area contributed by atoms with Crippen molar-refractivity contribution in [2.75, 3.05) is 0 Å². The maximum absolute atomic E-state index is 12.6. The molecule has 0 spiro atoms. The molecule has 3 aromatic rings. The van der Waals surface area contributed by atoms with Gasteiger partial charge in [-0.1, -0.05) is 46.6 Å². The Kier molecular flexibility index (Phi) is 6.19. The van der Waals surface area contributed by atoms with E-state index < -0.39 is 0 Å². The molecule has 0 fully saturated rings. The lowest BCUT2D eigenvalue weighted by molar-refractivity contribution is 0.0948. The number of amides is 1. The van der Waals surface area contributed by atoms with Crippen LogP contribution in [0.15, 0.2) is 51.9 Å². The van der Waals surface area contributed by atoms with Gasteiger partial charge in [0.15, 0.2) is 5.82 Å². The molecule has 1 N–H and O–H groups in total. The SMILES string of the molecule is Cc1nc(CSc2ccccc2C(=O)NCc2ccc(Cl)cc2Cl)no1. The fourth-order valence-electron chi connectivity index (χ4n) is 2.26. The van der Waals surface area contributed by atoms with Gasteiger partial charge < -0.3 is 9.84 Å². The number of hydrogen-bond acceptors (Lipinski definition) is 5. The molecule has 5 nitrogen and oxygen atoms in total. The number of nitrogens with one attached hydrogen (secondary N) is 1. The van der Waals surface area contributed by atoms with Crippen LogP contribution in [0, 0.1) is 6.92 Å². The first-order valence-corrected chi connectivity index (χ1v) is 9.50. The highest BCUT2D eigenvalue weighted by atomic mass is 35.5. The van der Waals surface area contributed by atoms with Crippen LogP contribution >= 0.6 is 35.0 Å². The van der Waals surface area contributed by atoms with Gasteiger partial charge in [-0.3, -0.25) is 4.79 Å². The molecular weight excluding hydrogens is 393 g/mol. The zero-order valence-corrected chi connectivity index (χ0v) is 16.2.